The maximum Gasteiger partial charge on any atom is 0.274 e. The summed E-state index contributed by atoms with van der Waals surface area (Å²) >= 11 is 1.48. The Hall–Kier alpha value is -2.15. The second-order valence-electron chi connectivity index (χ2n) is 6.34. The van der Waals surface area contributed by atoms with Crippen molar-refractivity contribution in [3.63, 3.8) is 0 Å². The maximum atomic E-state index is 12.3. The van der Waals surface area contributed by atoms with E-state index in [0.717, 1.165) is 4.88 Å². The van der Waals surface area contributed by atoms with Crippen LogP contribution in [-0.2, 0) is 4.79 Å². The second-order valence-corrected chi connectivity index (χ2v) is 7.28. The molecule has 7 heteroatoms. The number of aromatic nitrogens is 1. The Morgan fingerprint density at radius 3 is 2.61 bits per heavy atom. The van der Waals surface area contributed by atoms with E-state index in [9.17, 15) is 9.59 Å². The van der Waals surface area contributed by atoms with E-state index in [1.165, 1.54) is 11.3 Å². The van der Waals surface area contributed by atoms with Gasteiger partial charge in [0, 0.05) is 5.54 Å². The predicted molar refractivity (Wildman–Crippen MR) is 89.4 cm³/mol. The first-order valence-electron chi connectivity index (χ1n) is 7.31. The van der Waals surface area contributed by atoms with Crippen LogP contribution in [0.15, 0.2) is 21.9 Å². The van der Waals surface area contributed by atoms with Crippen LogP contribution in [0.3, 0.4) is 0 Å². The number of oxazole rings is 1. The summed E-state index contributed by atoms with van der Waals surface area (Å²) in [4.78, 5) is 29.4. The number of rotatable bonds is 4. The Labute approximate surface area is 139 Å². The van der Waals surface area contributed by atoms with E-state index in [4.69, 9.17) is 4.42 Å². The lowest BCUT2D eigenvalue weighted by Gasteiger charge is -2.23. The van der Waals surface area contributed by atoms with Crippen LogP contribution in [0.4, 0.5) is 0 Å². The summed E-state index contributed by atoms with van der Waals surface area (Å²) in [7, 11) is 0. The van der Waals surface area contributed by atoms with Crippen molar-refractivity contribution in [1.29, 1.82) is 0 Å². The van der Waals surface area contributed by atoms with Crippen LogP contribution in [0, 0.1) is 6.92 Å². The molecule has 6 nitrogen and oxygen atoms in total. The Morgan fingerprint density at radius 1 is 1.35 bits per heavy atom. The van der Waals surface area contributed by atoms with Crippen LogP contribution in [0.1, 0.15) is 43.9 Å². The van der Waals surface area contributed by atoms with Gasteiger partial charge in [0.05, 0.1) is 4.88 Å². The summed E-state index contributed by atoms with van der Waals surface area (Å²) in [6, 6.07) is 3.10. The lowest BCUT2D eigenvalue weighted by atomic mass is 10.1. The fourth-order valence-electron chi connectivity index (χ4n) is 1.92. The van der Waals surface area contributed by atoms with Crippen LogP contribution < -0.4 is 10.6 Å². The molecule has 0 aliphatic rings. The molecule has 23 heavy (non-hydrogen) atoms. The molecule has 2 rings (SSSR count). The number of carbonyl (C=O) groups is 2. The minimum atomic E-state index is -0.664. The van der Waals surface area contributed by atoms with Crippen molar-refractivity contribution < 1.29 is 14.0 Å². The minimum Gasteiger partial charge on any atom is -0.440 e. The van der Waals surface area contributed by atoms with Gasteiger partial charge in [-0.15, -0.1) is 11.3 Å². The van der Waals surface area contributed by atoms with Crippen LogP contribution >= 0.6 is 11.3 Å². The van der Waals surface area contributed by atoms with E-state index in [0.29, 0.717) is 11.7 Å². The molecule has 2 aromatic rings. The fourth-order valence-corrected chi connectivity index (χ4v) is 2.57. The molecule has 2 aromatic heterocycles. The Kier molecular flexibility index (Phi) is 4.89. The average molecular weight is 335 g/mol. The third-order valence-electron chi connectivity index (χ3n) is 2.98. The van der Waals surface area contributed by atoms with Gasteiger partial charge in [0.2, 0.25) is 11.8 Å². The standard InChI is InChI=1S/C16H21N3O3S/c1-9(13(20)19-16(3,4)5)17-14(21)12-10(2)22-15(18-12)11-7-6-8-23-11/h6-9H,1-5H3,(H,17,21)(H,19,20)/t9-/m0/s1. The fraction of sp³-hybridized carbons (Fsp3) is 0.438. The van der Waals surface area contributed by atoms with Crippen LogP contribution in [0.25, 0.3) is 10.8 Å². The molecule has 0 spiro atoms. The van der Waals surface area contributed by atoms with Gasteiger partial charge in [-0.1, -0.05) is 6.07 Å². The Bertz CT molecular complexity index is 699. The molecule has 0 aliphatic carbocycles. The highest BCUT2D eigenvalue weighted by Gasteiger charge is 2.24. The number of hydrogen-bond acceptors (Lipinski definition) is 5. The summed E-state index contributed by atoms with van der Waals surface area (Å²) in [5.41, 5.74) is -0.157. The molecular weight excluding hydrogens is 314 g/mol. The van der Waals surface area contributed by atoms with E-state index >= 15 is 0 Å². The summed E-state index contributed by atoms with van der Waals surface area (Å²) < 4.78 is 5.54. The van der Waals surface area contributed by atoms with E-state index in [1.807, 2.05) is 38.3 Å². The quantitative estimate of drug-likeness (QED) is 0.900. The maximum absolute atomic E-state index is 12.3. The molecule has 124 valence electrons. The molecule has 0 aromatic carbocycles. The van der Waals surface area contributed by atoms with E-state index < -0.39 is 11.9 Å². The molecule has 1 atom stereocenters. The number of hydrogen-bond donors (Lipinski definition) is 2. The third kappa shape index (κ3) is 4.41. The summed E-state index contributed by atoms with van der Waals surface area (Å²) in [6.45, 7) is 8.96. The Balaban J connectivity index is 2.08. The number of thiophene rings is 1. The van der Waals surface area contributed by atoms with Crippen molar-refractivity contribution in [2.75, 3.05) is 0 Å². The number of nitrogens with zero attached hydrogens (tertiary/aromatic N) is 1. The van der Waals surface area contributed by atoms with E-state index in [2.05, 4.69) is 15.6 Å². The molecule has 0 fully saturated rings. The zero-order valence-electron chi connectivity index (χ0n) is 13.9. The third-order valence-corrected chi connectivity index (χ3v) is 3.84. The van der Waals surface area contributed by atoms with Crippen LogP contribution in [0.2, 0.25) is 0 Å². The topological polar surface area (TPSA) is 84.2 Å². The van der Waals surface area contributed by atoms with Gasteiger partial charge in [-0.25, -0.2) is 4.98 Å². The molecule has 0 bridgehead atoms. The smallest absolute Gasteiger partial charge is 0.274 e. The van der Waals surface area contributed by atoms with Crippen molar-refractivity contribution in [1.82, 2.24) is 15.6 Å². The van der Waals surface area contributed by atoms with Gasteiger partial charge in [0.1, 0.15) is 11.8 Å². The van der Waals surface area contributed by atoms with Crippen molar-refractivity contribution in [3.8, 4) is 10.8 Å². The molecule has 0 saturated heterocycles. The highest BCUT2D eigenvalue weighted by atomic mass is 32.1. The largest absolute Gasteiger partial charge is 0.440 e. The van der Waals surface area contributed by atoms with Gasteiger partial charge >= 0.3 is 0 Å². The summed E-state index contributed by atoms with van der Waals surface area (Å²) in [5.74, 6) is 0.167. The SMILES string of the molecule is Cc1oc(-c2cccs2)nc1C(=O)N[C@@H](C)C(=O)NC(C)(C)C. The first kappa shape index (κ1) is 17.2. The minimum absolute atomic E-state index is 0.198. The van der Waals surface area contributed by atoms with Crippen molar-refractivity contribution in [2.24, 2.45) is 0 Å². The average Bonchev–Trinajstić information content (AvgIpc) is 3.05. The van der Waals surface area contributed by atoms with E-state index in [1.54, 1.807) is 13.8 Å². The highest BCUT2D eigenvalue weighted by Crippen LogP contribution is 2.25. The molecule has 2 N–H and O–H groups in total. The first-order chi connectivity index (χ1) is 10.7. The highest BCUT2D eigenvalue weighted by molar-refractivity contribution is 7.13. The van der Waals surface area contributed by atoms with Crippen molar-refractivity contribution >= 4 is 23.2 Å². The van der Waals surface area contributed by atoms with Crippen molar-refractivity contribution in [2.45, 2.75) is 46.2 Å². The molecule has 2 heterocycles. The molecule has 2 amide bonds. The van der Waals surface area contributed by atoms with Gasteiger partial charge < -0.3 is 15.1 Å². The lowest BCUT2D eigenvalue weighted by Crippen LogP contribution is -2.50. The summed E-state index contributed by atoms with van der Waals surface area (Å²) in [5, 5.41) is 7.38. The predicted octanol–water partition coefficient (Wildman–Crippen LogP) is 2.74. The number of nitrogens with one attached hydrogen (secondary N) is 2. The molecule has 0 aliphatic heterocycles. The number of amides is 2. The van der Waals surface area contributed by atoms with Crippen molar-refractivity contribution in [3.05, 3.63) is 29.0 Å². The molecular formula is C16H21N3O3S. The van der Waals surface area contributed by atoms with Gasteiger partial charge in [-0.05, 0) is 46.1 Å². The first-order valence-corrected chi connectivity index (χ1v) is 8.19. The van der Waals surface area contributed by atoms with Gasteiger partial charge in [-0.2, -0.15) is 0 Å². The van der Waals surface area contributed by atoms with Gasteiger partial charge in [0.25, 0.3) is 5.91 Å². The lowest BCUT2D eigenvalue weighted by molar-refractivity contribution is -0.124. The second kappa shape index (κ2) is 6.54. The normalized spacial score (nSPS) is 12.7. The monoisotopic (exact) mass is 335 g/mol. The zero-order chi connectivity index (χ0) is 17.2. The zero-order valence-corrected chi connectivity index (χ0v) is 14.7. The Morgan fingerprint density at radius 2 is 2.04 bits per heavy atom. The molecule has 0 saturated carbocycles. The molecule has 0 radical (unpaired) electrons. The summed E-state index contributed by atoms with van der Waals surface area (Å²) in [6.07, 6.45) is 0. The van der Waals surface area contributed by atoms with Crippen LogP contribution in [-0.4, -0.2) is 28.4 Å². The number of aryl methyl sites for hydroxylation is 1. The molecule has 0 unspecified atom stereocenters. The van der Waals surface area contributed by atoms with Gasteiger partial charge in [0.15, 0.2) is 5.69 Å². The van der Waals surface area contributed by atoms with Crippen LogP contribution in [0.5, 0.6) is 0 Å². The van der Waals surface area contributed by atoms with E-state index in [-0.39, 0.29) is 17.1 Å². The number of carbonyl (C=O) groups excluding carboxylic acids is 2. The van der Waals surface area contributed by atoms with Gasteiger partial charge in [-0.3, -0.25) is 9.59 Å².